The second kappa shape index (κ2) is 7.95. The Bertz CT molecular complexity index is 681. The number of nitrogens with one attached hydrogen (secondary N) is 1. The minimum absolute atomic E-state index is 0.0554. The predicted molar refractivity (Wildman–Crippen MR) is 100 cm³/mol. The maximum atomic E-state index is 12.3. The van der Waals surface area contributed by atoms with Crippen LogP contribution in [0.1, 0.15) is 47.4 Å². The van der Waals surface area contributed by atoms with Gasteiger partial charge in [-0.3, -0.25) is 9.69 Å². The Labute approximate surface area is 148 Å². The molecule has 2 aromatic rings. The van der Waals surface area contributed by atoms with Gasteiger partial charge in [-0.25, -0.2) is 0 Å². The molecule has 0 saturated carbocycles. The zero-order chi connectivity index (χ0) is 16.9. The Balaban J connectivity index is 1.54. The molecule has 1 atom stereocenters. The first-order valence-corrected chi connectivity index (χ1v) is 9.62. The van der Waals surface area contributed by atoms with E-state index in [1.165, 1.54) is 47.3 Å². The molecule has 1 aliphatic carbocycles. The lowest BCUT2D eigenvalue weighted by Gasteiger charge is -2.21. The number of nitrogens with zero attached hydrogens (tertiary/aromatic N) is 1. The fraction of sp³-hybridized carbons (Fsp3) is 0.450. The van der Waals surface area contributed by atoms with E-state index >= 15 is 0 Å². The molecule has 4 heteroatoms. The van der Waals surface area contributed by atoms with Gasteiger partial charge >= 0.3 is 0 Å². The highest BCUT2D eigenvalue weighted by Gasteiger charge is 2.15. The van der Waals surface area contributed by atoms with Crippen molar-refractivity contribution >= 4 is 17.2 Å². The maximum Gasteiger partial charge on any atom is 0.234 e. The fourth-order valence-electron chi connectivity index (χ4n) is 3.36. The number of benzene rings is 1. The van der Waals surface area contributed by atoms with Gasteiger partial charge in [-0.15, -0.1) is 11.3 Å². The Morgan fingerprint density at radius 2 is 2.04 bits per heavy atom. The monoisotopic (exact) mass is 342 g/mol. The highest BCUT2D eigenvalue weighted by atomic mass is 32.1. The Morgan fingerprint density at radius 3 is 2.79 bits per heavy atom. The van der Waals surface area contributed by atoms with E-state index in [1.54, 1.807) is 11.3 Å². The third kappa shape index (κ3) is 4.46. The van der Waals surface area contributed by atoms with Crippen LogP contribution in [0.5, 0.6) is 0 Å². The van der Waals surface area contributed by atoms with Crippen molar-refractivity contribution in [1.82, 2.24) is 10.2 Å². The zero-order valence-electron chi connectivity index (χ0n) is 14.5. The number of amides is 1. The van der Waals surface area contributed by atoms with Crippen LogP contribution in [0.2, 0.25) is 0 Å². The Morgan fingerprint density at radius 1 is 1.25 bits per heavy atom. The normalized spacial score (nSPS) is 15.1. The molecule has 1 amide bonds. The summed E-state index contributed by atoms with van der Waals surface area (Å²) in [6.07, 6.45) is 4.96. The molecule has 0 spiro atoms. The summed E-state index contributed by atoms with van der Waals surface area (Å²) in [5.74, 6) is 0.0827. The minimum atomic E-state index is 0.0554. The molecule has 0 bridgehead atoms. The number of likely N-dealkylation sites (N-methyl/N-ethyl adjacent to an activating group) is 1. The molecule has 3 nitrogen and oxygen atoms in total. The van der Waals surface area contributed by atoms with Crippen molar-refractivity contribution in [3.63, 3.8) is 0 Å². The van der Waals surface area contributed by atoms with Gasteiger partial charge in [0.1, 0.15) is 0 Å². The number of hydrogen-bond donors (Lipinski definition) is 1. The summed E-state index contributed by atoms with van der Waals surface area (Å²) in [7, 11) is 1.99. The van der Waals surface area contributed by atoms with Crippen molar-refractivity contribution in [3.8, 4) is 0 Å². The van der Waals surface area contributed by atoms with E-state index in [1.807, 2.05) is 13.1 Å². The van der Waals surface area contributed by atoms with Gasteiger partial charge in [0.05, 0.1) is 12.6 Å². The second-order valence-corrected chi connectivity index (χ2v) is 7.81. The van der Waals surface area contributed by atoms with Gasteiger partial charge in [-0.2, -0.15) is 0 Å². The fourth-order valence-corrected chi connectivity index (χ4v) is 4.15. The smallest absolute Gasteiger partial charge is 0.234 e. The molecule has 3 rings (SSSR count). The number of carbonyl (C=O) groups is 1. The summed E-state index contributed by atoms with van der Waals surface area (Å²) in [6.45, 7) is 3.31. The van der Waals surface area contributed by atoms with Gasteiger partial charge in [0.15, 0.2) is 0 Å². The van der Waals surface area contributed by atoms with Crippen LogP contribution in [0.25, 0.3) is 0 Å². The molecule has 1 N–H and O–H groups in total. The van der Waals surface area contributed by atoms with Crippen molar-refractivity contribution < 1.29 is 4.79 Å². The van der Waals surface area contributed by atoms with Crippen LogP contribution >= 0.6 is 11.3 Å². The third-order valence-electron chi connectivity index (χ3n) is 4.67. The lowest BCUT2D eigenvalue weighted by atomic mass is 9.89. The van der Waals surface area contributed by atoms with E-state index in [0.29, 0.717) is 6.54 Å². The van der Waals surface area contributed by atoms with E-state index in [4.69, 9.17) is 0 Å². The lowest BCUT2D eigenvalue weighted by molar-refractivity contribution is -0.122. The molecule has 1 aliphatic rings. The van der Waals surface area contributed by atoms with E-state index < -0.39 is 0 Å². The summed E-state index contributed by atoms with van der Waals surface area (Å²) < 4.78 is 0. The standard InChI is InChI=1S/C20H26N2OS/c1-15(17-10-9-16-6-3-4-7-18(16)12-17)21-20(23)14-22(2)13-19-8-5-11-24-19/h5,8-12,15H,3-4,6-7,13-14H2,1-2H3,(H,21,23). The summed E-state index contributed by atoms with van der Waals surface area (Å²) >= 11 is 1.73. The molecule has 0 aliphatic heterocycles. The van der Waals surface area contributed by atoms with Crippen LogP contribution in [0, 0.1) is 0 Å². The predicted octanol–water partition coefficient (Wildman–Crippen LogP) is 3.94. The summed E-state index contributed by atoms with van der Waals surface area (Å²) in [4.78, 5) is 15.6. The molecule has 1 aromatic heterocycles. The molecule has 0 saturated heterocycles. The molecule has 1 unspecified atom stereocenters. The number of aryl methyl sites for hydroxylation is 2. The van der Waals surface area contributed by atoms with E-state index in [0.717, 1.165) is 6.54 Å². The Hall–Kier alpha value is -1.65. The largest absolute Gasteiger partial charge is 0.348 e. The van der Waals surface area contributed by atoms with Crippen LogP contribution in [0.4, 0.5) is 0 Å². The zero-order valence-corrected chi connectivity index (χ0v) is 15.4. The second-order valence-electron chi connectivity index (χ2n) is 6.78. The maximum absolute atomic E-state index is 12.3. The van der Waals surface area contributed by atoms with E-state index in [-0.39, 0.29) is 11.9 Å². The molecule has 0 fully saturated rings. The first kappa shape index (κ1) is 17.2. The first-order valence-electron chi connectivity index (χ1n) is 8.74. The molecule has 128 valence electrons. The van der Waals surface area contributed by atoms with Crippen molar-refractivity contribution in [2.45, 2.75) is 45.2 Å². The number of thiophene rings is 1. The molecule has 24 heavy (non-hydrogen) atoms. The van der Waals surface area contributed by atoms with Crippen LogP contribution < -0.4 is 5.32 Å². The first-order chi connectivity index (χ1) is 11.6. The van der Waals surface area contributed by atoms with Crippen LogP contribution in [-0.2, 0) is 24.2 Å². The summed E-state index contributed by atoms with van der Waals surface area (Å²) in [5.41, 5.74) is 4.17. The number of carbonyl (C=O) groups excluding carboxylic acids is 1. The highest BCUT2D eigenvalue weighted by Crippen LogP contribution is 2.24. The van der Waals surface area contributed by atoms with Gasteiger partial charge in [0, 0.05) is 11.4 Å². The average Bonchev–Trinajstić information content (AvgIpc) is 3.06. The summed E-state index contributed by atoms with van der Waals surface area (Å²) in [5, 5.41) is 5.21. The van der Waals surface area contributed by atoms with Crippen LogP contribution in [0.3, 0.4) is 0 Å². The number of fused-ring (bicyclic) bond motifs is 1. The molecular formula is C20H26N2OS. The van der Waals surface area contributed by atoms with Crippen LogP contribution in [0.15, 0.2) is 35.7 Å². The quantitative estimate of drug-likeness (QED) is 0.862. The van der Waals surface area contributed by atoms with E-state index in [2.05, 4.69) is 46.8 Å². The van der Waals surface area contributed by atoms with Gasteiger partial charge in [-0.1, -0.05) is 24.3 Å². The van der Waals surface area contributed by atoms with Gasteiger partial charge in [0.25, 0.3) is 0 Å². The minimum Gasteiger partial charge on any atom is -0.348 e. The van der Waals surface area contributed by atoms with Crippen molar-refractivity contribution in [3.05, 3.63) is 57.3 Å². The molecular weight excluding hydrogens is 316 g/mol. The van der Waals surface area contributed by atoms with Gasteiger partial charge < -0.3 is 5.32 Å². The average molecular weight is 343 g/mol. The molecule has 1 heterocycles. The van der Waals surface area contributed by atoms with Gasteiger partial charge in [0.2, 0.25) is 5.91 Å². The highest BCUT2D eigenvalue weighted by molar-refractivity contribution is 7.09. The topological polar surface area (TPSA) is 32.3 Å². The van der Waals surface area contributed by atoms with Crippen molar-refractivity contribution in [2.75, 3.05) is 13.6 Å². The lowest BCUT2D eigenvalue weighted by Crippen LogP contribution is -2.36. The van der Waals surface area contributed by atoms with Crippen molar-refractivity contribution in [1.29, 1.82) is 0 Å². The summed E-state index contributed by atoms with van der Waals surface area (Å²) in [6, 6.07) is 10.9. The molecule has 0 radical (unpaired) electrons. The Kier molecular flexibility index (Phi) is 5.69. The number of hydrogen-bond acceptors (Lipinski definition) is 3. The SMILES string of the molecule is CC(NC(=O)CN(C)Cc1cccs1)c1ccc2c(c1)CCCC2. The number of rotatable bonds is 6. The van der Waals surface area contributed by atoms with Crippen molar-refractivity contribution in [2.24, 2.45) is 0 Å². The van der Waals surface area contributed by atoms with E-state index in [9.17, 15) is 4.79 Å². The van der Waals surface area contributed by atoms with Gasteiger partial charge in [-0.05, 0) is 67.8 Å². The third-order valence-corrected chi connectivity index (χ3v) is 5.53. The molecule has 1 aromatic carbocycles. The van der Waals surface area contributed by atoms with Crippen LogP contribution in [-0.4, -0.2) is 24.4 Å².